The molecule has 2 heterocycles. The van der Waals surface area contributed by atoms with Gasteiger partial charge >= 0.3 is 0 Å². The van der Waals surface area contributed by atoms with E-state index >= 15 is 0 Å². The highest BCUT2D eigenvalue weighted by molar-refractivity contribution is 7.92. The Morgan fingerprint density at radius 3 is 2.27 bits per heavy atom. The molecule has 0 unspecified atom stereocenters. The van der Waals surface area contributed by atoms with E-state index in [0.29, 0.717) is 21.6 Å². The Kier molecular flexibility index (Phi) is 4.99. The van der Waals surface area contributed by atoms with Crippen molar-refractivity contribution in [1.29, 1.82) is 0 Å². The molecule has 0 radical (unpaired) electrons. The van der Waals surface area contributed by atoms with Gasteiger partial charge in [0.05, 0.1) is 22.1 Å². The number of nitrogens with zero attached hydrogens (tertiary/aromatic N) is 4. The van der Waals surface area contributed by atoms with Crippen LogP contribution in [0.5, 0.6) is 5.75 Å². The molecule has 0 bridgehead atoms. The van der Waals surface area contributed by atoms with Crippen LogP contribution >= 0.6 is 11.6 Å². The molecular weight excluding hydrogens is 462 g/mol. The van der Waals surface area contributed by atoms with Gasteiger partial charge in [-0.15, -0.1) is 0 Å². The van der Waals surface area contributed by atoms with Gasteiger partial charge in [0.15, 0.2) is 5.65 Å². The summed E-state index contributed by atoms with van der Waals surface area (Å²) in [5.41, 5.74) is 8.09. The van der Waals surface area contributed by atoms with Gasteiger partial charge in [0, 0.05) is 10.6 Å². The second kappa shape index (κ2) is 7.88. The Balaban J connectivity index is 1.81. The lowest BCUT2D eigenvalue weighted by Gasteiger charge is -2.05. The predicted octanol–water partition coefficient (Wildman–Crippen LogP) is 4.24. The fraction of sp³-hybridized carbons (Fsp3) is 0. The van der Waals surface area contributed by atoms with E-state index in [4.69, 9.17) is 17.3 Å². The molecule has 0 aliphatic heterocycles. The third kappa shape index (κ3) is 3.57. The summed E-state index contributed by atoms with van der Waals surface area (Å²) >= 11 is 5.93. The van der Waals surface area contributed by atoms with Crippen molar-refractivity contribution < 1.29 is 13.5 Å². The number of sulfone groups is 1. The number of nitrogens with two attached hydrogens (primary N) is 1. The standard InChI is InChI=1S/C23H16ClN5O3S/c24-15-9-11-16(12-10-15)33(31,32)21-20-23(28-18-7-3-2-6-17(18)27-20)29(22(21)25)26-13-14-5-1-4-8-19(14)30/h1-13,30H,25H2/b26-13-. The molecule has 3 N–H and O–H groups in total. The largest absolute Gasteiger partial charge is 0.507 e. The van der Waals surface area contributed by atoms with Crippen molar-refractivity contribution in [2.45, 2.75) is 9.79 Å². The van der Waals surface area contributed by atoms with Gasteiger partial charge in [-0.3, -0.25) is 0 Å². The number of anilines is 1. The minimum atomic E-state index is -4.08. The SMILES string of the molecule is Nc1c(S(=O)(=O)c2ccc(Cl)cc2)c2nc3ccccc3nc2n1/N=C\c1ccccc1O. The Hall–Kier alpha value is -3.95. The average molecular weight is 478 g/mol. The molecule has 10 heteroatoms. The zero-order valence-corrected chi connectivity index (χ0v) is 18.5. The van der Waals surface area contributed by atoms with E-state index in [1.165, 1.54) is 41.2 Å². The number of hydrogen-bond donors (Lipinski definition) is 2. The summed E-state index contributed by atoms with van der Waals surface area (Å²) in [5, 5.41) is 14.8. The number of hydrogen-bond acceptors (Lipinski definition) is 7. The van der Waals surface area contributed by atoms with E-state index in [0.717, 1.165) is 0 Å². The minimum Gasteiger partial charge on any atom is -0.507 e. The lowest BCUT2D eigenvalue weighted by molar-refractivity contribution is 0.474. The van der Waals surface area contributed by atoms with Gasteiger partial charge in [-0.1, -0.05) is 35.9 Å². The van der Waals surface area contributed by atoms with Crippen molar-refractivity contribution in [3.8, 4) is 5.75 Å². The van der Waals surface area contributed by atoms with Gasteiger partial charge in [-0.2, -0.15) is 9.78 Å². The lowest BCUT2D eigenvalue weighted by Crippen LogP contribution is -2.06. The highest BCUT2D eigenvalue weighted by Gasteiger charge is 2.30. The van der Waals surface area contributed by atoms with Crippen molar-refractivity contribution in [1.82, 2.24) is 14.6 Å². The van der Waals surface area contributed by atoms with Crippen LogP contribution in [0.3, 0.4) is 0 Å². The number of benzene rings is 3. The molecule has 0 saturated heterocycles. The molecule has 8 nitrogen and oxygen atoms in total. The Labute approximate surface area is 193 Å². The number of aromatic hydroxyl groups is 1. The number of fused-ring (bicyclic) bond motifs is 2. The van der Waals surface area contributed by atoms with Crippen LogP contribution in [0, 0.1) is 0 Å². The van der Waals surface area contributed by atoms with Crippen molar-refractivity contribution in [2.75, 3.05) is 5.73 Å². The molecule has 0 amide bonds. The fourth-order valence-electron chi connectivity index (χ4n) is 3.45. The van der Waals surface area contributed by atoms with Gasteiger partial charge in [0.2, 0.25) is 9.84 Å². The van der Waals surface area contributed by atoms with Crippen molar-refractivity contribution >= 4 is 55.7 Å². The van der Waals surface area contributed by atoms with Crippen molar-refractivity contribution in [3.63, 3.8) is 0 Å². The van der Waals surface area contributed by atoms with Crippen LogP contribution in [0.25, 0.3) is 22.2 Å². The summed E-state index contributed by atoms with van der Waals surface area (Å²) in [6.45, 7) is 0. The number of phenols is 1. The zero-order chi connectivity index (χ0) is 23.2. The summed E-state index contributed by atoms with van der Waals surface area (Å²) in [7, 11) is -4.08. The molecule has 164 valence electrons. The van der Waals surface area contributed by atoms with Gasteiger partial charge in [-0.05, 0) is 48.5 Å². The maximum Gasteiger partial charge on any atom is 0.212 e. The molecule has 5 rings (SSSR count). The van der Waals surface area contributed by atoms with E-state index < -0.39 is 9.84 Å². The molecular formula is C23H16ClN5O3S. The highest BCUT2D eigenvalue weighted by Crippen LogP contribution is 2.35. The van der Waals surface area contributed by atoms with E-state index in [1.54, 1.807) is 42.5 Å². The summed E-state index contributed by atoms with van der Waals surface area (Å²) in [6, 6.07) is 19.5. The normalized spacial score (nSPS) is 12.2. The Morgan fingerprint density at radius 2 is 1.58 bits per heavy atom. The number of para-hydroxylation sites is 3. The van der Waals surface area contributed by atoms with Crippen LogP contribution < -0.4 is 5.73 Å². The zero-order valence-electron chi connectivity index (χ0n) is 16.9. The second-order valence-corrected chi connectivity index (χ2v) is 9.49. The molecule has 0 aliphatic rings. The first-order valence-electron chi connectivity index (χ1n) is 9.76. The fourth-order valence-corrected chi connectivity index (χ4v) is 5.06. The van der Waals surface area contributed by atoms with Gasteiger partial charge in [-0.25, -0.2) is 18.4 Å². The summed E-state index contributed by atoms with van der Waals surface area (Å²) in [4.78, 5) is 8.93. The molecule has 3 aromatic carbocycles. The molecule has 33 heavy (non-hydrogen) atoms. The highest BCUT2D eigenvalue weighted by atomic mass is 35.5. The molecule has 0 aliphatic carbocycles. The maximum absolute atomic E-state index is 13.6. The first-order chi connectivity index (χ1) is 15.9. The quantitative estimate of drug-likeness (QED) is 0.373. The smallest absolute Gasteiger partial charge is 0.212 e. The number of rotatable bonds is 4. The van der Waals surface area contributed by atoms with Crippen LogP contribution in [0.1, 0.15) is 5.56 Å². The summed E-state index contributed by atoms with van der Waals surface area (Å²) in [6.07, 6.45) is 1.38. The van der Waals surface area contributed by atoms with Crippen LogP contribution in [0.2, 0.25) is 5.02 Å². The number of halogens is 1. The number of nitrogen functional groups attached to an aromatic ring is 1. The molecule has 0 spiro atoms. The van der Waals surface area contributed by atoms with Crippen molar-refractivity contribution in [3.05, 3.63) is 83.4 Å². The van der Waals surface area contributed by atoms with Gasteiger partial charge < -0.3 is 10.8 Å². The third-order valence-electron chi connectivity index (χ3n) is 5.07. The average Bonchev–Trinajstić information content (AvgIpc) is 3.08. The van der Waals surface area contributed by atoms with Crippen LogP contribution in [0.15, 0.2) is 87.7 Å². The van der Waals surface area contributed by atoms with Gasteiger partial charge in [0.1, 0.15) is 22.0 Å². The Bertz CT molecular complexity index is 1660. The van der Waals surface area contributed by atoms with Crippen LogP contribution in [0.4, 0.5) is 5.82 Å². The number of phenolic OH excluding ortho intramolecular Hbond substituents is 1. The monoisotopic (exact) mass is 477 g/mol. The first kappa shape index (κ1) is 20.9. The molecule has 0 fully saturated rings. The lowest BCUT2D eigenvalue weighted by atomic mass is 10.2. The summed E-state index contributed by atoms with van der Waals surface area (Å²) < 4.78 is 28.3. The molecule has 0 saturated carbocycles. The topological polar surface area (TPSA) is 123 Å². The second-order valence-electron chi connectivity index (χ2n) is 7.17. The minimum absolute atomic E-state index is 0.0114. The van der Waals surface area contributed by atoms with E-state index in [2.05, 4.69) is 15.1 Å². The molecule has 2 aromatic heterocycles. The third-order valence-corrected chi connectivity index (χ3v) is 7.16. The first-order valence-corrected chi connectivity index (χ1v) is 11.6. The summed E-state index contributed by atoms with van der Waals surface area (Å²) in [5.74, 6) is -0.135. The predicted molar refractivity (Wildman–Crippen MR) is 127 cm³/mol. The van der Waals surface area contributed by atoms with E-state index in [9.17, 15) is 13.5 Å². The molecule has 5 aromatic rings. The van der Waals surface area contributed by atoms with E-state index in [-0.39, 0.29) is 32.5 Å². The maximum atomic E-state index is 13.6. The van der Waals surface area contributed by atoms with Crippen LogP contribution in [-0.2, 0) is 9.84 Å². The van der Waals surface area contributed by atoms with E-state index in [1.807, 2.05) is 0 Å². The molecule has 0 atom stereocenters. The Morgan fingerprint density at radius 1 is 0.939 bits per heavy atom. The number of aromatic nitrogens is 3. The van der Waals surface area contributed by atoms with Crippen molar-refractivity contribution in [2.24, 2.45) is 5.10 Å². The van der Waals surface area contributed by atoms with Gasteiger partial charge in [0.25, 0.3) is 0 Å². The van der Waals surface area contributed by atoms with Crippen LogP contribution in [-0.4, -0.2) is 34.4 Å².